The van der Waals surface area contributed by atoms with Crippen LogP contribution in [-0.4, -0.2) is 37.2 Å². The molecule has 0 rings (SSSR count). The minimum Gasteiger partial charge on any atom is -0.462 e. The molecule has 0 bridgehead atoms. The summed E-state index contributed by atoms with van der Waals surface area (Å²) in [7, 11) is 0. The smallest absolute Gasteiger partial charge is 0.306 e. The summed E-state index contributed by atoms with van der Waals surface area (Å²) >= 11 is 0. The van der Waals surface area contributed by atoms with Crippen molar-refractivity contribution in [2.45, 2.75) is 239 Å². The summed E-state index contributed by atoms with van der Waals surface area (Å²) in [4.78, 5) is 37.9. The Balaban J connectivity index is 4.49. The van der Waals surface area contributed by atoms with Gasteiger partial charge in [0.05, 0.1) is 0 Å². The summed E-state index contributed by atoms with van der Waals surface area (Å²) in [5, 5.41) is 0. The Bertz CT molecular complexity index is 1220. The third kappa shape index (κ3) is 47.6. The van der Waals surface area contributed by atoms with Gasteiger partial charge in [0, 0.05) is 19.3 Å². The van der Waals surface area contributed by atoms with E-state index in [-0.39, 0.29) is 37.5 Å². The Hall–Kier alpha value is -3.41. The van der Waals surface area contributed by atoms with Gasteiger partial charge >= 0.3 is 17.9 Å². The lowest BCUT2D eigenvalue weighted by molar-refractivity contribution is -0.167. The van der Waals surface area contributed by atoms with E-state index in [1.54, 1.807) is 0 Å². The predicted octanol–water partition coefficient (Wildman–Crippen LogP) is 16.8. The van der Waals surface area contributed by atoms with E-state index in [9.17, 15) is 14.4 Å². The second-order valence-electron chi connectivity index (χ2n) is 16.8. The summed E-state index contributed by atoms with van der Waals surface area (Å²) in [6.07, 6.45) is 64.3. The normalized spacial score (nSPS) is 12.8. The second-order valence-corrected chi connectivity index (χ2v) is 16.8. The highest BCUT2D eigenvalue weighted by Crippen LogP contribution is 2.14. The fourth-order valence-corrected chi connectivity index (χ4v) is 6.87. The quantitative estimate of drug-likeness (QED) is 0.0199. The number of unbranched alkanes of at least 4 members (excludes halogenated alkanes) is 24. The third-order valence-electron chi connectivity index (χ3n) is 10.7. The van der Waals surface area contributed by atoms with Gasteiger partial charge in [0.1, 0.15) is 13.2 Å². The molecule has 0 N–H and O–H groups in total. The van der Waals surface area contributed by atoms with Crippen LogP contribution in [-0.2, 0) is 28.6 Å². The van der Waals surface area contributed by atoms with Crippen molar-refractivity contribution in [2.24, 2.45) is 0 Å². The van der Waals surface area contributed by atoms with Crippen molar-refractivity contribution in [3.8, 4) is 0 Å². The van der Waals surface area contributed by atoms with E-state index in [0.717, 1.165) is 64.2 Å². The third-order valence-corrected chi connectivity index (χ3v) is 10.7. The lowest BCUT2D eigenvalue weighted by atomic mass is 10.1. The van der Waals surface area contributed by atoms with Crippen LogP contribution in [0.5, 0.6) is 0 Å². The van der Waals surface area contributed by atoms with E-state index >= 15 is 0 Å². The Morgan fingerprint density at radius 1 is 0.339 bits per heavy atom. The highest BCUT2D eigenvalue weighted by Gasteiger charge is 2.19. The second kappa shape index (κ2) is 50.2. The zero-order valence-corrected chi connectivity index (χ0v) is 40.4. The molecule has 1 atom stereocenters. The Morgan fingerprint density at radius 3 is 1.10 bits per heavy atom. The van der Waals surface area contributed by atoms with Crippen molar-refractivity contribution in [3.63, 3.8) is 0 Å². The monoisotopic (exact) mass is 863 g/mol. The fraction of sp³-hybridized carbons (Fsp3) is 0.696. The molecular formula is C56H94O6. The number of allylic oxidation sites excluding steroid dienone is 14. The molecule has 0 aromatic rings. The van der Waals surface area contributed by atoms with Crippen molar-refractivity contribution in [2.75, 3.05) is 13.2 Å². The molecule has 0 saturated heterocycles. The molecule has 6 nitrogen and oxygen atoms in total. The number of hydrogen-bond acceptors (Lipinski definition) is 6. The van der Waals surface area contributed by atoms with E-state index in [2.05, 4.69) is 51.2 Å². The molecule has 0 amide bonds. The average molecular weight is 863 g/mol. The van der Waals surface area contributed by atoms with Crippen LogP contribution < -0.4 is 0 Å². The first-order valence-electron chi connectivity index (χ1n) is 25.7. The molecule has 0 spiro atoms. The lowest BCUT2D eigenvalue weighted by Crippen LogP contribution is -2.30. The summed E-state index contributed by atoms with van der Waals surface area (Å²) in [6, 6.07) is 0. The van der Waals surface area contributed by atoms with Gasteiger partial charge in [-0.2, -0.15) is 0 Å². The number of hydrogen-bond donors (Lipinski definition) is 0. The van der Waals surface area contributed by atoms with Crippen molar-refractivity contribution in [1.82, 2.24) is 0 Å². The largest absolute Gasteiger partial charge is 0.462 e. The molecule has 1 unspecified atom stereocenters. The maximum Gasteiger partial charge on any atom is 0.306 e. The van der Waals surface area contributed by atoms with Gasteiger partial charge in [0.15, 0.2) is 6.10 Å². The van der Waals surface area contributed by atoms with Crippen LogP contribution in [0.15, 0.2) is 85.1 Å². The minimum atomic E-state index is -0.814. The summed E-state index contributed by atoms with van der Waals surface area (Å²) in [5.74, 6) is -1.01. The van der Waals surface area contributed by atoms with E-state index in [1.807, 2.05) is 54.7 Å². The first kappa shape index (κ1) is 58.6. The van der Waals surface area contributed by atoms with Gasteiger partial charge in [-0.3, -0.25) is 14.4 Å². The SMILES string of the molecule is CC\C=C/C=C\C=C/C=C\C=C/CCCC(=O)OCC(COC(=O)CCCCCCCCC/C=C\CCCCCCCC)OC(=O)CCCCC/C=C\CCCCCCCCC. The molecule has 0 aliphatic carbocycles. The van der Waals surface area contributed by atoms with E-state index < -0.39 is 6.10 Å². The first-order chi connectivity index (χ1) is 30.5. The molecule has 0 fully saturated rings. The molecule has 354 valence electrons. The molecule has 0 aliphatic rings. The van der Waals surface area contributed by atoms with E-state index in [1.165, 1.54) is 122 Å². The summed E-state index contributed by atoms with van der Waals surface area (Å²) in [6.45, 7) is 6.40. The van der Waals surface area contributed by atoms with E-state index in [4.69, 9.17) is 14.2 Å². The molecular weight excluding hydrogens is 769 g/mol. The standard InChI is InChI=1S/C56H94O6/c1-4-7-10-13-16-19-22-25-27-28-29-32-34-37-40-43-46-49-55(58)61-52-53(51-60-54(57)48-45-42-39-36-33-30-24-21-18-15-12-9-6-3)62-56(59)50-47-44-41-38-35-31-26-23-20-17-14-11-8-5-2/h9,12,15,18,21,24-25,27,30-31,33,35-36,39,53H,4-8,10-11,13-14,16-17,19-20,22-23,26,28-29,32,34,37-38,40-52H2,1-3H3/b12-9-,18-15-,24-21-,27-25-,33-30-,35-31-,39-36-. The number of esters is 3. The lowest BCUT2D eigenvalue weighted by Gasteiger charge is -2.18. The summed E-state index contributed by atoms with van der Waals surface area (Å²) < 4.78 is 16.7. The van der Waals surface area contributed by atoms with Crippen molar-refractivity contribution in [3.05, 3.63) is 85.1 Å². The first-order valence-corrected chi connectivity index (χ1v) is 25.7. The van der Waals surface area contributed by atoms with Gasteiger partial charge in [-0.05, 0) is 83.5 Å². The van der Waals surface area contributed by atoms with Crippen LogP contribution in [0.4, 0.5) is 0 Å². The number of ether oxygens (including phenoxy) is 3. The van der Waals surface area contributed by atoms with Gasteiger partial charge in [-0.1, -0.05) is 215 Å². The topological polar surface area (TPSA) is 78.9 Å². The van der Waals surface area contributed by atoms with Gasteiger partial charge < -0.3 is 14.2 Å². The molecule has 6 heteroatoms. The minimum absolute atomic E-state index is 0.108. The molecule has 0 aromatic carbocycles. The van der Waals surface area contributed by atoms with E-state index in [0.29, 0.717) is 19.3 Å². The Labute approximate surface area is 382 Å². The van der Waals surface area contributed by atoms with Crippen LogP contribution >= 0.6 is 0 Å². The molecule has 0 heterocycles. The maximum atomic E-state index is 12.8. The molecule has 0 radical (unpaired) electrons. The van der Waals surface area contributed by atoms with Gasteiger partial charge in [-0.25, -0.2) is 0 Å². The maximum absolute atomic E-state index is 12.8. The Morgan fingerprint density at radius 2 is 0.661 bits per heavy atom. The van der Waals surface area contributed by atoms with Gasteiger partial charge in [0.2, 0.25) is 0 Å². The highest BCUT2D eigenvalue weighted by molar-refractivity contribution is 5.71. The number of carbonyl (C=O) groups excluding carboxylic acids is 3. The molecule has 0 aromatic heterocycles. The fourth-order valence-electron chi connectivity index (χ4n) is 6.87. The van der Waals surface area contributed by atoms with Crippen molar-refractivity contribution in [1.29, 1.82) is 0 Å². The zero-order valence-electron chi connectivity index (χ0n) is 40.4. The Kier molecular flexibility index (Phi) is 47.5. The average Bonchev–Trinajstić information content (AvgIpc) is 3.27. The van der Waals surface area contributed by atoms with Crippen LogP contribution in [0.3, 0.4) is 0 Å². The van der Waals surface area contributed by atoms with Crippen LogP contribution in [0.1, 0.15) is 233 Å². The van der Waals surface area contributed by atoms with Gasteiger partial charge in [0.25, 0.3) is 0 Å². The van der Waals surface area contributed by atoms with Crippen molar-refractivity contribution >= 4 is 17.9 Å². The highest BCUT2D eigenvalue weighted by atomic mass is 16.6. The summed E-state index contributed by atoms with van der Waals surface area (Å²) in [5.41, 5.74) is 0. The van der Waals surface area contributed by atoms with Crippen LogP contribution in [0, 0.1) is 0 Å². The molecule has 0 aliphatic heterocycles. The molecule has 0 saturated carbocycles. The van der Waals surface area contributed by atoms with Crippen molar-refractivity contribution < 1.29 is 28.6 Å². The number of rotatable bonds is 45. The van der Waals surface area contributed by atoms with Gasteiger partial charge in [-0.15, -0.1) is 0 Å². The molecule has 62 heavy (non-hydrogen) atoms. The zero-order chi connectivity index (χ0) is 45.1. The predicted molar refractivity (Wildman–Crippen MR) is 265 cm³/mol. The number of carbonyl (C=O) groups is 3. The van der Waals surface area contributed by atoms with Crippen LogP contribution in [0.2, 0.25) is 0 Å². The van der Waals surface area contributed by atoms with Crippen LogP contribution in [0.25, 0.3) is 0 Å².